The van der Waals surface area contributed by atoms with Gasteiger partial charge in [-0.05, 0) is 43.4 Å². The third kappa shape index (κ3) is 2.12. The summed E-state index contributed by atoms with van der Waals surface area (Å²) in [6, 6.07) is 3.38. The smallest absolute Gasteiger partial charge is 0.129 e. The number of halogens is 1. The van der Waals surface area contributed by atoms with Crippen LogP contribution in [0.15, 0.2) is 12.1 Å². The van der Waals surface area contributed by atoms with Crippen molar-refractivity contribution in [2.24, 2.45) is 5.41 Å². The molecular weight excluding hydrogens is 203 g/mol. The first-order valence-corrected chi connectivity index (χ1v) is 5.57. The van der Waals surface area contributed by atoms with E-state index in [2.05, 4.69) is 0 Å². The van der Waals surface area contributed by atoms with Crippen molar-refractivity contribution >= 4 is 0 Å². The van der Waals surface area contributed by atoms with Crippen LogP contribution in [-0.2, 0) is 5.60 Å². The first-order chi connectivity index (χ1) is 7.07. The number of aliphatic hydroxyl groups is 1. The van der Waals surface area contributed by atoms with Crippen LogP contribution >= 0.6 is 0 Å². The molecule has 0 radical (unpaired) electrons. The lowest BCUT2D eigenvalue weighted by molar-refractivity contribution is -0.0502. The van der Waals surface area contributed by atoms with E-state index in [1.807, 2.05) is 40.7 Å². The SMILES string of the molecule is Cc1cc(C)c(C(C)(O)C(C)(C)C)c(F)c1. The maximum absolute atomic E-state index is 14.0. The molecule has 0 saturated heterocycles. The molecule has 1 unspecified atom stereocenters. The normalized spacial score (nSPS) is 16.0. The molecule has 0 aliphatic heterocycles. The Balaban J connectivity index is 3.45. The molecule has 1 aromatic rings. The molecule has 1 nitrogen and oxygen atoms in total. The van der Waals surface area contributed by atoms with Crippen molar-refractivity contribution in [3.63, 3.8) is 0 Å². The Morgan fingerprint density at radius 2 is 1.56 bits per heavy atom. The van der Waals surface area contributed by atoms with Gasteiger partial charge in [0.1, 0.15) is 5.82 Å². The van der Waals surface area contributed by atoms with E-state index in [-0.39, 0.29) is 5.82 Å². The highest BCUT2D eigenvalue weighted by Crippen LogP contribution is 2.41. The van der Waals surface area contributed by atoms with E-state index < -0.39 is 11.0 Å². The van der Waals surface area contributed by atoms with Gasteiger partial charge in [0.15, 0.2) is 0 Å². The molecule has 2 heteroatoms. The van der Waals surface area contributed by atoms with Crippen LogP contribution in [-0.4, -0.2) is 5.11 Å². The zero-order valence-corrected chi connectivity index (χ0v) is 11.0. The third-order valence-corrected chi connectivity index (χ3v) is 3.38. The van der Waals surface area contributed by atoms with Crippen LogP contribution in [0, 0.1) is 25.1 Å². The molecule has 0 spiro atoms. The molecule has 1 rings (SSSR count). The zero-order valence-electron chi connectivity index (χ0n) is 11.0. The minimum absolute atomic E-state index is 0.322. The number of hydrogen-bond donors (Lipinski definition) is 1. The van der Waals surface area contributed by atoms with Crippen LogP contribution in [0.5, 0.6) is 0 Å². The van der Waals surface area contributed by atoms with Crippen molar-refractivity contribution < 1.29 is 9.50 Å². The lowest BCUT2D eigenvalue weighted by Crippen LogP contribution is -2.38. The summed E-state index contributed by atoms with van der Waals surface area (Å²) in [5.41, 5.74) is 0.509. The van der Waals surface area contributed by atoms with Crippen LogP contribution in [0.2, 0.25) is 0 Å². The average molecular weight is 224 g/mol. The second-order valence-corrected chi connectivity index (χ2v) is 5.76. The summed E-state index contributed by atoms with van der Waals surface area (Å²) in [6.45, 7) is 11.1. The van der Waals surface area contributed by atoms with Crippen LogP contribution in [0.4, 0.5) is 4.39 Å². The average Bonchev–Trinajstić information content (AvgIpc) is 1.97. The van der Waals surface area contributed by atoms with Gasteiger partial charge in [-0.25, -0.2) is 4.39 Å². The first kappa shape index (κ1) is 13.2. The van der Waals surface area contributed by atoms with Crippen molar-refractivity contribution in [1.82, 2.24) is 0 Å². The van der Waals surface area contributed by atoms with E-state index in [9.17, 15) is 9.50 Å². The first-order valence-electron chi connectivity index (χ1n) is 5.57. The second-order valence-electron chi connectivity index (χ2n) is 5.76. The Labute approximate surface area is 97.3 Å². The Bertz CT molecular complexity index is 377. The molecule has 16 heavy (non-hydrogen) atoms. The molecule has 90 valence electrons. The van der Waals surface area contributed by atoms with Crippen LogP contribution in [0.25, 0.3) is 0 Å². The second kappa shape index (κ2) is 3.85. The lowest BCUT2D eigenvalue weighted by atomic mass is 9.72. The Morgan fingerprint density at radius 3 is 1.94 bits per heavy atom. The van der Waals surface area contributed by atoms with Gasteiger partial charge in [0.05, 0.1) is 5.60 Å². The van der Waals surface area contributed by atoms with Gasteiger partial charge >= 0.3 is 0 Å². The van der Waals surface area contributed by atoms with Gasteiger partial charge in [-0.3, -0.25) is 0 Å². The maximum Gasteiger partial charge on any atom is 0.129 e. The van der Waals surface area contributed by atoms with Crippen molar-refractivity contribution in [3.8, 4) is 0 Å². The predicted molar refractivity (Wildman–Crippen MR) is 64.9 cm³/mol. The standard InChI is InChI=1S/C14H21FO/c1-9-7-10(2)12(11(15)8-9)14(6,16)13(3,4)5/h7-8,16H,1-6H3. The summed E-state index contributed by atoms with van der Waals surface area (Å²) in [6.07, 6.45) is 0. The molecular formula is C14H21FO. The molecule has 0 aliphatic rings. The summed E-state index contributed by atoms with van der Waals surface area (Å²) >= 11 is 0. The van der Waals surface area contributed by atoms with Crippen molar-refractivity contribution in [1.29, 1.82) is 0 Å². The van der Waals surface area contributed by atoms with E-state index in [4.69, 9.17) is 0 Å². The van der Waals surface area contributed by atoms with Gasteiger partial charge in [0.2, 0.25) is 0 Å². The molecule has 0 saturated carbocycles. The molecule has 1 atom stereocenters. The topological polar surface area (TPSA) is 20.2 Å². The number of rotatable bonds is 1. The van der Waals surface area contributed by atoms with E-state index in [0.29, 0.717) is 5.56 Å². The molecule has 0 amide bonds. The van der Waals surface area contributed by atoms with Gasteiger partial charge in [0, 0.05) is 5.56 Å². The largest absolute Gasteiger partial charge is 0.385 e. The quantitative estimate of drug-likeness (QED) is 0.771. The van der Waals surface area contributed by atoms with Crippen molar-refractivity contribution in [3.05, 3.63) is 34.6 Å². The predicted octanol–water partition coefficient (Wildman–Crippen LogP) is 3.70. The highest BCUT2D eigenvalue weighted by Gasteiger charge is 2.39. The molecule has 1 N–H and O–H groups in total. The minimum Gasteiger partial charge on any atom is -0.385 e. The number of benzene rings is 1. The van der Waals surface area contributed by atoms with Crippen LogP contribution < -0.4 is 0 Å². The molecule has 0 aromatic heterocycles. The van der Waals surface area contributed by atoms with E-state index >= 15 is 0 Å². The monoisotopic (exact) mass is 224 g/mol. The summed E-state index contributed by atoms with van der Waals surface area (Å²) in [5.74, 6) is -0.322. The van der Waals surface area contributed by atoms with E-state index in [1.54, 1.807) is 6.92 Å². The molecule has 0 aliphatic carbocycles. The van der Waals surface area contributed by atoms with Gasteiger partial charge in [-0.2, -0.15) is 0 Å². The number of aryl methyl sites for hydroxylation is 2. The highest BCUT2D eigenvalue weighted by molar-refractivity contribution is 5.37. The van der Waals surface area contributed by atoms with Gasteiger partial charge in [-0.15, -0.1) is 0 Å². The molecule has 0 bridgehead atoms. The summed E-state index contributed by atoms with van der Waals surface area (Å²) in [4.78, 5) is 0. The minimum atomic E-state index is -1.17. The summed E-state index contributed by atoms with van der Waals surface area (Å²) in [5, 5.41) is 10.5. The van der Waals surface area contributed by atoms with E-state index in [1.165, 1.54) is 6.07 Å². The zero-order chi connectivity index (χ0) is 12.7. The van der Waals surface area contributed by atoms with E-state index in [0.717, 1.165) is 11.1 Å². The highest BCUT2D eigenvalue weighted by atomic mass is 19.1. The fraction of sp³-hybridized carbons (Fsp3) is 0.571. The van der Waals surface area contributed by atoms with Crippen molar-refractivity contribution in [2.75, 3.05) is 0 Å². The van der Waals surface area contributed by atoms with Crippen LogP contribution in [0.3, 0.4) is 0 Å². The van der Waals surface area contributed by atoms with Crippen LogP contribution in [0.1, 0.15) is 44.4 Å². The van der Waals surface area contributed by atoms with Gasteiger partial charge in [-0.1, -0.05) is 26.8 Å². The Morgan fingerprint density at radius 1 is 1.06 bits per heavy atom. The van der Waals surface area contributed by atoms with Gasteiger partial charge in [0.25, 0.3) is 0 Å². The molecule has 0 heterocycles. The summed E-state index contributed by atoms with van der Waals surface area (Å²) < 4.78 is 14.0. The third-order valence-electron chi connectivity index (χ3n) is 3.38. The van der Waals surface area contributed by atoms with Crippen molar-refractivity contribution in [2.45, 2.75) is 47.1 Å². The lowest BCUT2D eigenvalue weighted by Gasteiger charge is -2.38. The molecule has 0 fully saturated rings. The van der Waals surface area contributed by atoms with Gasteiger partial charge < -0.3 is 5.11 Å². The number of hydrogen-bond acceptors (Lipinski definition) is 1. The summed E-state index contributed by atoms with van der Waals surface area (Å²) in [7, 11) is 0. The maximum atomic E-state index is 14.0. The Kier molecular flexibility index (Phi) is 3.17. The fourth-order valence-corrected chi connectivity index (χ4v) is 1.91. The Hall–Kier alpha value is -0.890. The molecule has 1 aromatic carbocycles. The fourth-order valence-electron chi connectivity index (χ4n) is 1.91.